The fourth-order valence-corrected chi connectivity index (χ4v) is 3.39. The van der Waals surface area contributed by atoms with Gasteiger partial charge in [0.2, 0.25) is 0 Å². The molecule has 0 spiro atoms. The van der Waals surface area contributed by atoms with Gasteiger partial charge in [0.1, 0.15) is 5.60 Å². The lowest BCUT2D eigenvalue weighted by molar-refractivity contribution is -0.0213. The van der Waals surface area contributed by atoms with Gasteiger partial charge in [-0.2, -0.15) is 0 Å². The zero-order valence-corrected chi connectivity index (χ0v) is 26.4. The fraction of sp³-hybridized carbons (Fsp3) is 0.967. The van der Waals surface area contributed by atoms with E-state index in [4.69, 9.17) is 37.9 Å². The highest BCUT2D eigenvalue weighted by Crippen LogP contribution is 2.09. The molecule has 0 rings (SSSR count). The average Bonchev–Trinajstić information content (AvgIpc) is 2.91. The summed E-state index contributed by atoms with van der Waals surface area (Å²) in [5.41, 5.74) is -0.500. The third-order valence-corrected chi connectivity index (χ3v) is 5.65. The van der Waals surface area contributed by atoms with Crippen molar-refractivity contribution in [3.8, 4) is 0 Å². The lowest BCUT2D eigenvalue weighted by Gasteiger charge is -2.24. The average molecular weight is 580 g/mol. The summed E-state index contributed by atoms with van der Waals surface area (Å²) in [5.74, 6) is 0. The quantitative estimate of drug-likeness (QED) is 0.108. The Bertz CT molecular complexity index is 532. The first-order valence-corrected chi connectivity index (χ1v) is 15.3. The van der Waals surface area contributed by atoms with E-state index in [0.717, 1.165) is 13.0 Å². The zero-order valence-electron chi connectivity index (χ0n) is 26.4. The van der Waals surface area contributed by atoms with Gasteiger partial charge in [0.05, 0.1) is 85.9 Å². The van der Waals surface area contributed by atoms with Crippen LogP contribution in [0.5, 0.6) is 0 Å². The number of amides is 1. The number of carbonyl (C=O) groups is 1. The Morgan fingerprint density at radius 3 is 1.20 bits per heavy atom. The van der Waals surface area contributed by atoms with Crippen LogP contribution in [0.15, 0.2) is 0 Å². The van der Waals surface area contributed by atoms with Crippen molar-refractivity contribution in [2.24, 2.45) is 0 Å². The van der Waals surface area contributed by atoms with Gasteiger partial charge in [-0.1, -0.05) is 51.9 Å². The molecule has 0 radical (unpaired) electrons. The highest BCUT2D eigenvalue weighted by atomic mass is 16.6. The summed E-state index contributed by atoms with van der Waals surface area (Å²) in [4.78, 5) is 13.3. The van der Waals surface area contributed by atoms with E-state index in [1.807, 2.05) is 20.8 Å². The number of nitrogens with zero attached hydrogens (tertiary/aromatic N) is 1. The van der Waals surface area contributed by atoms with Gasteiger partial charge in [-0.05, 0) is 27.2 Å². The molecule has 0 saturated heterocycles. The lowest BCUT2D eigenvalue weighted by atomic mass is 10.1. The van der Waals surface area contributed by atoms with Gasteiger partial charge in [0.15, 0.2) is 0 Å². The van der Waals surface area contributed by atoms with Crippen LogP contribution < -0.4 is 0 Å². The molecule has 0 saturated carbocycles. The molecule has 0 aromatic heterocycles. The Kier molecular flexibility index (Phi) is 28.7. The predicted molar refractivity (Wildman–Crippen MR) is 157 cm³/mol. The third kappa shape index (κ3) is 31.5. The molecule has 1 amide bonds. The van der Waals surface area contributed by atoms with Crippen molar-refractivity contribution < 1.29 is 42.7 Å². The van der Waals surface area contributed by atoms with Crippen LogP contribution >= 0.6 is 0 Å². The van der Waals surface area contributed by atoms with E-state index in [0.29, 0.717) is 92.4 Å². The second kappa shape index (κ2) is 29.5. The maximum absolute atomic E-state index is 11.8. The van der Waals surface area contributed by atoms with Gasteiger partial charge in [0, 0.05) is 20.2 Å². The van der Waals surface area contributed by atoms with E-state index in [-0.39, 0.29) is 6.09 Å². The van der Waals surface area contributed by atoms with E-state index < -0.39 is 5.60 Å². The first-order valence-electron chi connectivity index (χ1n) is 15.3. The lowest BCUT2D eigenvalue weighted by Crippen LogP contribution is -2.36. The van der Waals surface area contributed by atoms with Gasteiger partial charge in [0.25, 0.3) is 0 Å². The molecule has 0 aromatic rings. The Balaban J connectivity index is 3.15. The minimum atomic E-state index is -0.500. The van der Waals surface area contributed by atoms with Crippen molar-refractivity contribution in [2.75, 3.05) is 106 Å². The summed E-state index contributed by atoms with van der Waals surface area (Å²) in [6.07, 6.45) is 10.2. The molecule has 0 unspecified atom stereocenters. The Morgan fingerprint density at radius 2 is 0.825 bits per heavy atom. The van der Waals surface area contributed by atoms with Gasteiger partial charge in [-0.15, -0.1) is 0 Å². The molecular weight excluding hydrogens is 518 g/mol. The topological polar surface area (TPSA) is 94.2 Å². The monoisotopic (exact) mass is 579 g/mol. The molecular formula is C30H61NO9. The number of hydrogen-bond donors (Lipinski definition) is 0. The second-order valence-corrected chi connectivity index (χ2v) is 10.7. The summed E-state index contributed by atoms with van der Waals surface area (Å²) in [7, 11) is 1.69. The molecule has 0 aliphatic rings. The van der Waals surface area contributed by atoms with E-state index >= 15 is 0 Å². The number of hydrogen-bond acceptors (Lipinski definition) is 9. The van der Waals surface area contributed by atoms with Gasteiger partial charge < -0.3 is 42.8 Å². The van der Waals surface area contributed by atoms with Crippen molar-refractivity contribution in [3.63, 3.8) is 0 Å². The van der Waals surface area contributed by atoms with Crippen molar-refractivity contribution in [1.29, 1.82) is 0 Å². The van der Waals surface area contributed by atoms with Gasteiger partial charge >= 0.3 is 6.09 Å². The van der Waals surface area contributed by atoms with Crippen molar-refractivity contribution >= 4 is 6.09 Å². The fourth-order valence-electron chi connectivity index (χ4n) is 3.39. The van der Waals surface area contributed by atoms with E-state index in [9.17, 15) is 4.79 Å². The normalized spacial score (nSPS) is 11.7. The van der Waals surface area contributed by atoms with Crippen molar-refractivity contribution in [3.05, 3.63) is 0 Å². The first-order chi connectivity index (χ1) is 19.4. The summed E-state index contributed by atoms with van der Waals surface area (Å²) in [6, 6.07) is 0. The molecule has 0 atom stereocenters. The third-order valence-electron chi connectivity index (χ3n) is 5.65. The number of likely N-dealkylation sites (N-methyl/N-ethyl adjacent to an activating group) is 1. The SMILES string of the molecule is CCCCCCCCCCOCCOCCOCCOCCOCCOCCOCCN(C)C(=O)OC(C)(C)C. The summed E-state index contributed by atoms with van der Waals surface area (Å²) >= 11 is 0. The van der Waals surface area contributed by atoms with Crippen LogP contribution in [0.1, 0.15) is 79.1 Å². The minimum Gasteiger partial charge on any atom is -0.444 e. The molecule has 0 aromatic carbocycles. The number of rotatable bonds is 30. The Morgan fingerprint density at radius 1 is 0.500 bits per heavy atom. The van der Waals surface area contributed by atoms with Crippen molar-refractivity contribution in [2.45, 2.75) is 84.7 Å². The summed E-state index contributed by atoms with van der Waals surface area (Å²) in [6.45, 7) is 15.9. The van der Waals surface area contributed by atoms with Crippen LogP contribution in [0.3, 0.4) is 0 Å². The molecule has 0 N–H and O–H groups in total. The molecule has 240 valence electrons. The van der Waals surface area contributed by atoms with E-state index in [1.165, 1.54) is 49.8 Å². The van der Waals surface area contributed by atoms with Crippen LogP contribution in [0.4, 0.5) is 4.79 Å². The van der Waals surface area contributed by atoms with Crippen LogP contribution in [-0.4, -0.2) is 123 Å². The summed E-state index contributed by atoms with van der Waals surface area (Å²) < 4.78 is 43.8. The Labute approximate surface area is 244 Å². The van der Waals surface area contributed by atoms with Gasteiger partial charge in [-0.25, -0.2) is 4.79 Å². The maximum atomic E-state index is 11.8. The predicted octanol–water partition coefficient (Wildman–Crippen LogP) is 5.11. The molecule has 10 heteroatoms. The van der Waals surface area contributed by atoms with Crippen LogP contribution in [-0.2, 0) is 37.9 Å². The second-order valence-electron chi connectivity index (χ2n) is 10.7. The van der Waals surface area contributed by atoms with Crippen LogP contribution in [0.25, 0.3) is 0 Å². The van der Waals surface area contributed by atoms with Crippen LogP contribution in [0, 0.1) is 0 Å². The largest absolute Gasteiger partial charge is 0.444 e. The highest BCUT2D eigenvalue weighted by molar-refractivity contribution is 5.67. The number of carbonyl (C=O) groups excluding carboxylic acids is 1. The zero-order chi connectivity index (χ0) is 29.6. The Hall–Kier alpha value is -1.01. The molecule has 0 aliphatic heterocycles. The first kappa shape index (κ1) is 39.0. The van der Waals surface area contributed by atoms with Crippen molar-refractivity contribution in [1.82, 2.24) is 4.90 Å². The van der Waals surface area contributed by atoms with Crippen LogP contribution in [0.2, 0.25) is 0 Å². The molecule has 0 fully saturated rings. The van der Waals surface area contributed by atoms with E-state index in [1.54, 1.807) is 7.05 Å². The number of unbranched alkanes of at least 4 members (excludes halogenated alkanes) is 7. The molecule has 0 aliphatic carbocycles. The molecule has 0 bridgehead atoms. The number of ether oxygens (including phenoxy) is 8. The maximum Gasteiger partial charge on any atom is 0.410 e. The van der Waals surface area contributed by atoms with Gasteiger partial charge in [-0.3, -0.25) is 0 Å². The molecule has 10 nitrogen and oxygen atoms in total. The van der Waals surface area contributed by atoms with E-state index in [2.05, 4.69) is 6.92 Å². The summed E-state index contributed by atoms with van der Waals surface area (Å²) in [5, 5.41) is 0. The molecule has 0 heterocycles. The standard InChI is InChI=1S/C30H61NO9/c1-6-7-8-9-10-11-12-13-15-33-17-19-35-21-23-37-25-27-39-28-26-38-24-22-36-20-18-34-16-14-31(5)29(32)40-30(2,3)4/h6-28H2,1-5H3. The minimum absolute atomic E-state index is 0.355. The molecule has 40 heavy (non-hydrogen) atoms. The smallest absolute Gasteiger partial charge is 0.410 e. The highest BCUT2D eigenvalue weighted by Gasteiger charge is 2.19.